The number of hydrogen-bond acceptors (Lipinski definition) is 3. The third-order valence-electron chi connectivity index (χ3n) is 4.11. The van der Waals surface area contributed by atoms with Crippen LogP contribution in [0.25, 0.3) is 0 Å². The summed E-state index contributed by atoms with van der Waals surface area (Å²) in [6, 6.07) is -1.16. The molecule has 3 N–H and O–H groups in total. The van der Waals surface area contributed by atoms with Gasteiger partial charge in [0.15, 0.2) is 14.4 Å². The quantitative estimate of drug-likeness (QED) is 0.729. The van der Waals surface area contributed by atoms with Crippen LogP contribution in [0.3, 0.4) is 0 Å². The molecule has 0 aliphatic heterocycles. The number of nitrogens with two attached hydrogens (primary N) is 1. The van der Waals surface area contributed by atoms with Gasteiger partial charge in [-0.3, -0.25) is 4.79 Å². The first kappa shape index (κ1) is 21.4. The Bertz CT molecular complexity index is 379. The minimum atomic E-state index is -4.56. The average Bonchev–Trinajstić information content (AvgIpc) is 2.30. The third kappa shape index (κ3) is 5.89. The smallest absolute Gasteiger partial charge is 0.404 e. The van der Waals surface area contributed by atoms with E-state index in [1.165, 1.54) is 0 Å². The second-order valence-electron chi connectivity index (χ2n) is 7.38. The monoisotopic (exact) mass is 342 g/mol. The largest absolute Gasteiger partial charge is 0.415 e. The lowest BCUT2D eigenvalue weighted by molar-refractivity contribution is -0.210. The highest BCUT2D eigenvalue weighted by molar-refractivity contribution is 6.74. The first-order chi connectivity index (χ1) is 9.63. The van der Waals surface area contributed by atoms with Gasteiger partial charge in [-0.25, -0.2) is 0 Å². The Labute approximate surface area is 132 Å². The number of nitrogens with one attached hydrogen (secondary N) is 1. The van der Waals surface area contributed by atoms with E-state index < -0.39 is 38.5 Å². The summed E-state index contributed by atoms with van der Waals surface area (Å²) in [5.74, 6) is -1.06. The summed E-state index contributed by atoms with van der Waals surface area (Å²) in [6.07, 6.45) is -6.60. The molecule has 0 fully saturated rings. The van der Waals surface area contributed by atoms with E-state index in [2.05, 4.69) is 5.32 Å². The highest BCUT2D eigenvalue weighted by atomic mass is 28.4. The molecule has 0 spiro atoms. The van der Waals surface area contributed by atoms with Gasteiger partial charge in [0, 0.05) is 0 Å². The molecular formula is C14H29F3N2O2Si. The van der Waals surface area contributed by atoms with Crippen LogP contribution >= 0.6 is 0 Å². The van der Waals surface area contributed by atoms with Crippen molar-refractivity contribution in [3.8, 4) is 0 Å². The highest BCUT2D eigenvalue weighted by Gasteiger charge is 2.52. The van der Waals surface area contributed by atoms with Crippen molar-refractivity contribution >= 4 is 14.2 Å². The third-order valence-corrected chi connectivity index (χ3v) is 8.56. The second-order valence-corrected chi connectivity index (χ2v) is 12.1. The van der Waals surface area contributed by atoms with Gasteiger partial charge in [-0.15, -0.1) is 0 Å². The molecule has 1 amide bonds. The summed E-state index contributed by atoms with van der Waals surface area (Å²) in [6.45, 7) is 12.0. The minimum Gasteiger partial charge on any atom is -0.404 e. The van der Waals surface area contributed by atoms with Crippen molar-refractivity contribution in [1.82, 2.24) is 5.32 Å². The van der Waals surface area contributed by atoms with Crippen molar-refractivity contribution < 1.29 is 22.4 Å². The van der Waals surface area contributed by atoms with E-state index in [0.717, 1.165) is 0 Å². The first-order valence-electron chi connectivity index (χ1n) is 7.37. The molecule has 2 atom stereocenters. The minimum absolute atomic E-state index is 0.353. The van der Waals surface area contributed by atoms with Crippen molar-refractivity contribution in [2.24, 2.45) is 11.7 Å². The van der Waals surface area contributed by atoms with Gasteiger partial charge >= 0.3 is 6.18 Å². The molecule has 4 nitrogen and oxygen atoms in total. The predicted octanol–water partition coefficient (Wildman–Crippen LogP) is 3.04. The average molecular weight is 342 g/mol. The van der Waals surface area contributed by atoms with Crippen LogP contribution in [-0.2, 0) is 9.22 Å². The number of alkyl halides is 3. The lowest BCUT2D eigenvalue weighted by Gasteiger charge is -2.42. The molecular weight excluding hydrogens is 313 g/mol. The summed E-state index contributed by atoms with van der Waals surface area (Å²) in [5, 5.41) is 1.99. The number of hydrogen-bond donors (Lipinski definition) is 2. The molecule has 22 heavy (non-hydrogen) atoms. The van der Waals surface area contributed by atoms with Crippen LogP contribution in [0.4, 0.5) is 13.2 Å². The highest BCUT2D eigenvalue weighted by Crippen LogP contribution is 2.40. The predicted molar refractivity (Wildman–Crippen MR) is 83.9 cm³/mol. The summed E-state index contributed by atoms with van der Waals surface area (Å²) < 4.78 is 46.1. The Hall–Kier alpha value is -0.603. The zero-order valence-corrected chi connectivity index (χ0v) is 15.5. The first-order valence-corrected chi connectivity index (χ1v) is 10.3. The van der Waals surface area contributed by atoms with E-state index in [1.807, 2.05) is 20.8 Å². The maximum atomic E-state index is 13.5. The van der Waals surface area contributed by atoms with Crippen LogP contribution in [0, 0.1) is 5.92 Å². The topological polar surface area (TPSA) is 64.4 Å². The van der Waals surface area contributed by atoms with Crippen molar-refractivity contribution in [3.63, 3.8) is 0 Å². The number of carbonyl (C=O) groups excluding carboxylic acids is 1. The van der Waals surface area contributed by atoms with Crippen molar-refractivity contribution in [2.75, 3.05) is 6.54 Å². The Morgan fingerprint density at radius 1 is 1.23 bits per heavy atom. The van der Waals surface area contributed by atoms with E-state index in [-0.39, 0.29) is 11.6 Å². The van der Waals surface area contributed by atoms with E-state index in [0.29, 0.717) is 0 Å². The number of amides is 1. The molecule has 0 aromatic heterocycles. The Morgan fingerprint density at radius 2 is 1.68 bits per heavy atom. The van der Waals surface area contributed by atoms with Gasteiger partial charge in [0.2, 0.25) is 5.91 Å². The lowest BCUT2D eigenvalue weighted by atomic mass is 9.98. The van der Waals surface area contributed by atoms with Gasteiger partial charge in [-0.1, -0.05) is 34.6 Å². The van der Waals surface area contributed by atoms with E-state index in [4.69, 9.17) is 10.2 Å². The molecule has 0 aliphatic rings. The normalized spacial score (nSPS) is 16.5. The number of halogens is 3. The van der Waals surface area contributed by atoms with E-state index in [9.17, 15) is 18.0 Å². The van der Waals surface area contributed by atoms with E-state index >= 15 is 0 Å². The molecule has 0 saturated carbocycles. The van der Waals surface area contributed by atoms with E-state index in [1.54, 1.807) is 26.9 Å². The fraction of sp³-hybridized carbons (Fsp3) is 0.929. The van der Waals surface area contributed by atoms with Gasteiger partial charge in [0.1, 0.15) is 0 Å². The number of rotatable bonds is 6. The van der Waals surface area contributed by atoms with Crippen LogP contribution in [-0.4, -0.2) is 39.1 Å². The maximum absolute atomic E-state index is 13.5. The molecule has 0 rings (SSSR count). The molecule has 0 aromatic rings. The molecule has 0 aliphatic carbocycles. The van der Waals surface area contributed by atoms with Gasteiger partial charge in [-0.05, 0) is 24.1 Å². The summed E-state index contributed by atoms with van der Waals surface area (Å²) in [4.78, 5) is 11.5. The Balaban J connectivity index is 5.56. The van der Waals surface area contributed by atoms with Gasteiger partial charge < -0.3 is 15.5 Å². The number of carbonyl (C=O) groups is 1. The van der Waals surface area contributed by atoms with Crippen LogP contribution in [0.1, 0.15) is 34.6 Å². The van der Waals surface area contributed by atoms with Crippen molar-refractivity contribution in [1.29, 1.82) is 0 Å². The molecule has 0 bridgehead atoms. The molecule has 8 heteroatoms. The van der Waals surface area contributed by atoms with Crippen molar-refractivity contribution in [2.45, 2.75) is 71.1 Å². The SMILES string of the molecule is CC(C)C(NC(=O)CN)C(O[Si](C)(C)C(C)(C)C)C(F)(F)F. The summed E-state index contributed by atoms with van der Waals surface area (Å²) in [7, 11) is -2.65. The molecule has 2 unspecified atom stereocenters. The van der Waals surface area contributed by atoms with Gasteiger partial charge in [0.25, 0.3) is 0 Å². The standard InChI is InChI=1S/C14H29F3N2O2Si/c1-9(2)11(19-10(20)8-18)12(14(15,16)17)21-22(6,7)13(3,4)5/h9,11-12H,8,18H2,1-7H3,(H,19,20). The second kappa shape index (κ2) is 7.31. The van der Waals surface area contributed by atoms with Crippen LogP contribution in [0.15, 0.2) is 0 Å². The fourth-order valence-electron chi connectivity index (χ4n) is 1.67. The van der Waals surface area contributed by atoms with Crippen LogP contribution in [0.2, 0.25) is 18.1 Å². The summed E-state index contributed by atoms with van der Waals surface area (Å²) in [5.41, 5.74) is 5.20. The Morgan fingerprint density at radius 3 is 1.95 bits per heavy atom. The zero-order valence-electron chi connectivity index (χ0n) is 14.5. The molecule has 0 aromatic carbocycles. The molecule has 132 valence electrons. The molecule has 0 saturated heterocycles. The maximum Gasteiger partial charge on any atom is 0.415 e. The van der Waals surface area contributed by atoms with Gasteiger partial charge in [-0.2, -0.15) is 13.2 Å². The Kier molecular flexibility index (Phi) is 7.11. The lowest BCUT2D eigenvalue weighted by Crippen LogP contribution is -2.59. The van der Waals surface area contributed by atoms with Crippen molar-refractivity contribution in [3.05, 3.63) is 0 Å². The zero-order chi connectivity index (χ0) is 17.9. The summed E-state index contributed by atoms with van der Waals surface area (Å²) >= 11 is 0. The molecule has 0 heterocycles. The van der Waals surface area contributed by atoms with Gasteiger partial charge in [0.05, 0.1) is 12.6 Å². The van der Waals surface area contributed by atoms with Crippen LogP contribution in [0.5, 0.6) is 0 Å². The van der Waals surface area contributed by atoms with Crippen LogP contribution < -0.4 is 11.1 Å². The fourth-order valence-corrected chi connectivity index (χ4v) is 2.94. The molecule has 0 radical (unpaired) electrons.